The van der Waals surface area contributed by atoms with Gasteiger partial charge in [0.05, 0.1) is 21.4 Å². The standard InChI is InChI=1S/C16H19BrN2O2/c1-4-14(20)12-8-6-7-9-15(12)21-10-13-16(17)11(3)18-19(13)5-2/h6-9H,4-5,10H2,1-3H3. The molecule has 0 N–H and O–H groups in total. The van der Waals surface area contributed by atoms with E-state index in [4.69, 9.17) is 4.74 Å². The normalized spacial score (nSPS) is 10.7. The molecule has 5 heteroatoms. The van der Waals surface area contributed by atoms with E-state index in [0.717, 1.165) is 22.4 Å². The lowest BCUT2D eigenvalue weighted by Gasteiger charge is -2.11. The molecule has 1 aromatic heterocycles. The second-order valence-electron chi connectivity index (χ2n) is 4.72. The lowest BCUT2D eigenvalue weighted by atomic mass is 10.1. The van der Waals surface area contributed by atoms with Gasteiger partial charge < -0.3 is 4.74 Å². The highest BCUT2D eigenvalue weighted by atomic mass is 79.9. The second kappa shape index (κ2) is 6.89. The maximum Gasteiger partial charge on any atom is 0.166 e. The molecule has 1 heterocycles. The number of para-hydroxylation sites is 1. The van der Waals surface area contributed by atoms with Crippen LogP contribution < -0.4 is 4.74 Å². The molecular formula is C16H19BrN2O2. The molecule has 0 aliphatic carbocycles. The first-order valence-electron chi connectivity index (χ1n) is 7.05. The van der Waals surface area contributed by atoms with E-state index in [1.54, 1.807) is 6.07 Å². The fraction of sp³-hybridized carbons (Fsp3) is 0.375. The number of Topliss-reactive ketones (excluding diaryl/α,β-unsaturated/α-hetero) is 1. The lowest BCUT2D eigenvalue weighted by Crippen LogP contribution is -2.08. The molecule has 112 valence electrons. The Hall–Kier alpha value is -1.62. The molecule has 1 aromatic carbocycles. The molecule has 0 amide bonds. The van der Waals surface area contributed by atoms with Gasteiger partial charge in [-0.3, -0.25) is 9.48 Å². The summed E-state index contributed by atoms with van der Waals surface area (Å²) in [6, 6.07) is 7.36. The summed E-state index contributed by atoms with van der Waals surface area (Å²) in [7, 11) is 0. The van der Waals surface area contributed by atoms with Crippen LogP contribution in [0.1, 0.15) is 42.0 Å². The van der Waals surface area contributed by atoms with Gasteiger partial charge in [0.2, 0.25) is 0 Å². The first-order chi connectivity index (χ1) is 10.1. The summed E-state index contributed by atoms with van der Waals surface area (Å²) in [5.74, 6) is 0.711. The van der Waals surface area contributed by atoms with Gasteiger partial charge in [-0.2, -0.15) is 5.10 Å². The van der Waals surface area contributed by atoms with Crippen molar-refractivity contribution < 1.29 is 9.53 Å². The number of ether oxygens (including phenoxy) is 1. The minimum absolute atomic E-state index is 0.0878. The van der Waals surface area contributed by atoms with E-state index in [2.05, 4.69) is 21.0 Å². The summed E-state index contributed by atoms with van der Waals surface area (Å²) in [6.07, 6.45) is 0.468. The van der Waals surface area contributed by atoms with E-state index < -0.39 is 0 Å². The van der Waals surface area contributed by atoms with Crippen LogP contribution in [0.15, 0.2) is 28.7 Å². The zero-order chi connectivity index (χ0) is 15.4. The van der Waals surface area contributed by atoms with Crippen molar-refractivity contribution in [1.82, 2.24) is 9.78 Å². The van der Waals surface area contributed by atoms with E-state index >= 15 is 0 Å². The number of halogens is 1. The van der Waals surface area contributed by atoms with Gasteiger partial charge in [-0.05, 0) is 41.9 Å². The second-order valence-corrected chi connectivity index (χ2v) is 5.52. The van der Waals surface area contributed by atoms with Crippen molar-refractivity contribution >= 4 is 21.7 Å². The monoisotopic (exact) mass is 350 g/mol. The third-order valence-electron chi connectivity index (χ3n) is 3.33. The Kier molecular flexibility index (Phi) is 5.17. The molecule has 4 nitrogen and oxygen atoms in total. The molecule has 2 aromatic rings. The minimum atomic E-state index is 0.0878. The smallest absolute Gasteiger partial charge is 0.166 e. The van der Waals surface area contributed by atoms with Gasteiger partial charge in [-0.15, -0.1) is 0 Å². The van der Waals surface area contributed by atoms with Crippen molar-refractivity contribution in [2.75, 3.05) is 0 Å². The number of carbonyl (C=O) groups is 1. The molecule has 0 saturated carbocycles. The largest absolute Gasteiger partial charge is 0.487 e. The van der Waals surface area contributed by atoms with Crippen LogP contribution >= 0.6 is 15.9 Å². The van der Waals surface area contributed by atoms with Crippen LogP contribution in [0.2, 0.25) is 0 Å². The first kappa shape index (κ1) is 15.8. The Morgan fingerprint density at radius 3 is 2.71 bits per heavy atom. The molecular weight excluding hydrogens is 332 g/mol. The van der Waals surface area contributed by atoms with Crippen LogP contribution in [0.25, 0.3) is 0 Å². The summed E-state index contributed by atoms with van der Waals surface area (Å²) in [5, 5.41) is 4.44. The van der Waals surface area contributed by atoms with Gasteiger partial charge in [0, 0.05) is 13.0 Å². The summed E-state index contributed by atoms with van der Waals surface area (Å²) < 4.78 is 8.74. The quantitative estimate of drug-likeness (QED) is 0.735. The zero-order valence-corrected chi connectivity index (χ0v) is 14.1. The molecule has 21 heavy (non-hydrogen) atoms. The minimum Gasteiger partial charge on any atom is -0.487 e. The van der Waals surface area contributed by atoms with E-state index in [9.17, 15) is 4.79 Å². The van der Waals surface area contributed by atoms with Crippen LogP contribution in [0, 0.1) is 6.92 Å². The number of nitrogens with zero attached hydrogens (tertiary/aromatic N) is 2. The number of aromatic nitrogens is 2. The summed E-state index contributed by atoms with van der Waals surface area (Å²) >= 11 is 3.55. The van der Waals surface area contributed by atoms with Gasteiger partial charge in [-0.25, -0.2) is 0 Å². The summed E-state index contributed by atoms with van der Waals surface area (Å²) in [6.45, 7) is 7.00. The Morgan fingerprint density at radius 1 is 1.33 bits per heavy atom. The van der Waals surface area contributed by atoms with Gasteiger partial charge >= 0.3 is 0 Å². The number of benzene rings is 1. The van der Waals surface area contributed by atoms with Gasteiger partial charge in [-0.1, -0.05) is 19.1 Å². The molecule has 0 saturated heterocycles. The number of hydrogen-bond acceptors (Lipinski definition) is 3. The average molecular weight is 351 g/mol. The zero-order valence-electron chi connectivity index (χ0n) is 12.5. The Bertz CT molecular complexity index is 650. The van der Waals surface area contributed by atoms with Gasteiger partial charge in [0.15, 0.2) is 5.78 Å². The fourth-order valence-corrected chi connectivity index (χ4v) is 2.56. The highest BCUT2D eigenvalue weighted by Crippen LogP contribution is 2.25. The predicted octanol–water partition coefficient (Wildman–Crippen LogP) is 4.15. The highest BCUT2D eigenvalue weighted by Gasteiger charge is 2.15. The van der Waals surface area contributed by atoms with Crippen molar-refractivity contribution in [1.29, 1.82) is 0 Å². The van der Waals surface area contributed by atoms with Crippen molar-refractivity contribution in [3.63, 3.8) is 0 Å². The third kappa shape index (κ3) is 3.35. The van der Waals surface area contributed by atoms with Crippen LogP contribution in [0.5, 0.6) is 5.75 Å². The molecule has 0 aliphatic heterocycles. The summed E-state index contributed by atoms with van der Waals surface area (Å²) in [4.78, 5) is 11.9. The van der Waals surface area contributed by atoms with E-state index in [1.165, 1.54) is 0 Å². The van der Waals surface area contributed by atoms with Crippen molar-refractivity contribution in [3.8, 4) is 5.75 Å². The van der Waals surface area contributed by atoms with Crippen LogP contribution in [-0.2, 0) is 13.2 Å². The average Bonchev–Trinajstić information content (AvgIpc) is 2.79. The van der Waals surface area contributed by atoms with E-state index in [-0.39, 0.29) is 5.78 Å². The van der Waals surface area contributed by atoms with Crippen LogP contribution in [0.4, 0.5) is 0 Å². The Balaban J connectivity index is 2.23. The molecule has 0 fully saturated rings. The van der Waals surface area contributed by atoms with E-state index in [0.29, 0.717) is 24.3 Å². The number of ketones is 1. The highest BCUT2D eigenvalue weighted by molar-refractivity contribution is 9.10. The topological polar surface area (TPSA) is 44.1 Å². The third-order valence-corrected chi connectivity index (χ3v) is 4.36. The van der Waals surface area contributed by atoms with E-state index in [1.807, 2.05) is 43.7 Å². The van der Waals surface area contributed by atoms with Crippen molar-refractivity contribution in [2.24, 2.45) is 0 Å². The van der Waals surface area contributed by atoms with Crippen LogP contribution in [-0.4, -0.2) is 15.6 Å². The maximum atomic E-state index is 11.9. The van der Waals surface area contributed by atoms with Gasteiger partial charge in [0.1, 0.15) is 12.4 Å². The molecule has 0 bridgehead atoms. The maximum absolute atomic E-state index is 11.9. The molecule has 0 atom stereocenters. The Morgan fingerprint density at radius 2 is 2.05 bits per heavy atom. The van der Waals surface area contributed by atoms with Crippen molar-refractivity contribution in [2.45, 2.75) is 40.3 Å². The SMILES string of the molecule is CCC(=O)c1ccccc1OCc1c(Br)c(C)nn1CC. The molecule has 0 radical (unpaired) electrons. The molecule has 2 rings (SSSR count). The lowest BCUT2D eigenvalue weighted by molar-refractivity contribution is 0.0983. The van der Waals surface area contributed by atoms with Crippen molar-refractivity contribution in [3.05, 3.63) is 45.7 Å². The number of aryl methyl sites for hydroxylation is 2. The number of rotatable bonds is 6. The summed E-state index contributed by atoms with van der Waals surface area (Å²) in [5.41, 5.74) is 2.55. The first-order valence-corrected chi connectivity index (χ1v) is 7.84. The molecule has 0 aliphatic rings. The number of carbonyl (C=O) groups excluding carboxylic acids is 1. The molecule has 0 unspecified atom stereocenters. The fourth-order valence-electron chi connectivity index (χ4n) is 2.17. The van der Waals surface area contributed by atoms with Gasteiger partial charge in [0.25, 0.3) is 0 Å². The molecule has 0 spiro atoms. The predicted molar refractivity (Wildman–Crippen MR) is 85.7 cm³/mol. The van der Waals surface area contributed by atoms with Crippen LogP contribution in [0.3, 0.4) is 0 Å². The number of hydrogen-bond donors (Lipinski definition) is 0. The Labute approximate surface area is 133 Å².